The number of para-hydroxylation sites is 2. The predicted octanol–water partition coefficient (Wildman–Crippen LogP) is 2.89. The van der Waals surface area contributed by atoms with E-state index in [4.69, 9.17) is 4.52 Å². The van der Waals surface area contributed by atoms with Crippen molar-refractivity contribution < 1.29 is 9.32 Å². The number of imidazole rings is 1. The Morgan fingerprint density at radius 2 is 1.93 bits per heavy atom. The number of carbonyl (C=O) groups excluding carboxylic acids is 1. The van der Waals surface area contributed by atoms with E-state index in [0.29, 0.717) is 18.1 Å². The van der Waals surface area contributed by atoms with E-state index in [-0.39, 0.29) is 12.5 Å². The summed E-state index contributed by atoms with van der Waals surface area (Å²) in [4.78, 5) is 21.2. The SMILES string of the molecule is CC(C(=O)NCc1nc(Cc2ccccc2)no1)n1cnc2ccccc21. The maximum Gasteiger partial charge on any atom is 0.246 e. The minimum atomic E-state index is -0.399. The van der Waals surface area contributed by atoms with Crippen LogP contribution in [0, 0.1) is 0 Å². The largest absolute Gasteiger partial charge is 0.345 e. The molecular weight excluding hydrogens is 342 g/mol. The summed E-state index contributed by atoms with van der Waals surface area (Å²) in [7, 11) is 0. The van der Waals surface area contributed by atoms with Crippen molar-refractivity contribution in [2.75, 3.05) is 0 Å². The number of amides is 1. The molecule has 0 bridgehead atoms. The van der Waals surface area contributed by atoms with Crippen molar-refractivity contribution >= 4 is 16.9 Å². The molecule has 0 aliphatic carbocycles. The van der Waals surface area contributed by atoms with Crippen LogP contribution in [0.5, 0.6) is 0 Å². The Balaban J connectivity index is 1.38. The topological polar surface area (TPSA) is 85.8 Å². The van der Waals surface area contributed by atoms with Crippen LogP contribution in [0.1, 0.15) is 30.2 Å². The van der Waals surface area contributed by atoms with Gasteiger partial charge in [0.15, 0.2) is 5.82 Å². The zero-order valence-corrected chi connectivity index (χ0v) is 14.9. The summed E-state index contributed by atoms with van der Waals surface area (Å²) in [6.07, 6.45) is 2.27. The van der Waals surface area contributed by atoms with E-state index < -0.39 is 6.04 Å². The molecule has 4 rings (SSSR count). The second-order valence-corrected chi connectivity index (χ2v) is 6.30. The fourth-order valence-electron chi connectivity index (χ4n) is 2.94. The smallest absolute Gasteiger partial charge is 0.246 e. The Kier molecular flexibility index (Phi) is 4.65. The van der Waals surface area contributed by atoms with Crippen molar-refractivity contribution in [3.8, 4) is 0 Å². The van der Waals surface area contributed by atoms with Gasteiger partial charge in [0.2, 0.25) is 11.8 Å². The van der Waals surface area contributed by atoms with Crippen LogP contribution in [0.3, 0.4) is 0 Å². The fourth-order valence-corrected chi connectivity index (χ4v) is 2.94. The molecule has 7 nitrogen and oxygen atoms in total. The van der Waals surface area contributed by atoms with Crippen molar-refractivity contribution in [3.05, 3.63) is 78.2 Å². The van der Waals surface area contributed by atoms with Gasteiger partial charge in [0.05, 0.1) is 23.9 Å². The molecule has 2 aromatic carbocycles. The van der Waals surface area contributed by atoms with Crippen LogP contribution < -0.4 is 5.32 Å². The number of carbonyl (C=O) groups is 1. The lowest BCUT2D eigenvalue weighted by Gasteiger charge is -2.13. The number of nitrogens with zero attached hydrogens (tertiary/aromatic N) is 4. The molecule has 27 heavy (non-hydrogen) atoms. The van der Waals surface area contributed by atoms with Crippen LogP contribution in [0.25, 0.3) is 11.0 Å². The first-order valence-corrected chi connectivity index (χ1v) is 8.75. The highest BCUT2D eigenvalue weighted by Gasteiger charge is 2.18. The maximum absolute atomic E-state index is 12.5. The van der Waals surface area contributed by atoms with Gasteiger partial charge in [-0.1, -0.05) is 47.6 Å². The average Bonchev–Trinajstić information content (AvgIpc) is 3.33. The van der Waals surface area contributed by atoms with Gasteiger partial charge in [-0.2, -0.15) is 4.98 Å². The van der Waals surface area contributed by atoms with Gasteiger partial charge in [-0.25, -0.2) is 4.98 Å². The van der Waals surface area contributed by atoms with Gasteiger partial charge >= 0.3 is 0 Å². The summed E-state index contributed by atoms with van der Waals surface area (Å²) in [5, 5.41) is 6.82. The van der Waals surface area contributed by atoms with E-state index in [9.17, 15) is 4.79 Å². The summed E-state index contributed by atoms with van der Waals surface area (Å²) in [6, 6.07) is 17.2. The number of rotatable bonds is 6. The van der Waals surface area contributed by atoms with Crippen LogP contribution in [-0.2, 0) is 17.8 Å². The quantitative estimate of drug-likeness (QED) is 0.571. The van der Waals surface area contributed by atoms with Crippen LogP contribution in [-0.4, -0.2) is 25.6 Å². The highest BCUT2D eigenvalue weighted by atomic mass is 16.5. The van der Waals surface area contributed by atoms with Gasteiger partial charge < -0.3 is 14.4 Å². The predicted molar refractivity (Wildman–Crippen MR) is 99.8 cm³/mol. The molecule has 0 saturated carbocycles. The fraction of sp³-hybridized carbons (Fsp3) is 0.200. The molecule has 0 spiro atoms. The average molecular weight is 361 g/mol. The summed E-state index contributed by atoms with van der Waals surface area (Å²) in [5.41, 5.74) is 2.89. The van der Waals surface area contributed by atoms with Gasteiger partial charge in [0.1, 0.15) is 6.04 Å². The number of benzene rings is 2. The van der Waals surface area contributed by atoms with E-state index in [1.54, 1.807) is 6.33 Å². The molecule has 1 amide bonds. The minimum Gasteiger partial charge on any atom is -0.345 e. The van der Waals surface area contributed by atoms with E-state index in [1.165, 1.54) is 0 Å². The molecule has 0 aliphatic heterocycles. The second-order valence-electron chi connectivity index (χ2n) is 6.30. The van der Waals surface area contributed by atoms with Crippen molar-refractivity contribution in [1.29, 1.82) is 0 Å². The lowest BCUT2D eigenvalue weighted by molar-refractivity contribution is -0.124. The number of hydrogen-bond acceptors (Lipinski definition) is 5. The summed E-state index contributed by atoms with van der Waals surface area (Å²) >= 11 is 0. The Bertz CT molecular complexity index is 1050. The molecule has 0 fully saturated rings. The molecule has 2 aromatic heterocycles. The zero-order valence-electron chi connectivity index (χ0n) is 14.9. The first-order valence-electron chi connectivity index (χ1n) is 8.75. The Morgan fingerprint density at radius 1 is 1.15 bits per heavy atom. The molecular formula is C20H19N5O2. The molecule has 2 heterocycles. The van der Waals surface area contributed by atoms with Gasteiger partial charge in [0.25, 0.3) is 0 Å². The molecule has 1 N–H and O–H groups in total. The third kappa shape index (κ3) is 3.72. The van der Waals surface area contributed by atoms with Gasteiger partial charge in [0, 0.05) is 6.42 Å². The van der Waals surface area contributed by atoms with Crippen molar-refractivity contribution in [3.63, 3.8) is 0 Å². The first-order chi connectivity index (χ1) is 13.2. The third-order valence-corrected chi connectivity index (χ3v) is 4.41. The Morgan fingerprint density at radius 3 is 2.78 bits per heavy atom. The summed E-state index contributed by atoms with van der Waals surface area (Å²) < 4.78 is 7.08. The van der Waals surface area contributed by atoms with Crippen molar-refractivity contribution in [1.82, 2.24) is 25.0 Å². The van der Waals surface area contributed by atoms with E-state index in [2.05, 4.69) is 20.4 Å². The first kappa shape index (κ1) is 17.0. The Labute approximate surface area is 156 Å². The van der Waals surface area contributed by atoms with Gasteiger partial charge in [-0.15, -0.1) is 0 Å². The monoisotopic (exact) mass is 361 g/mol. The normalized spacial score (nSPS) is 12.2. The summed E-state index contributed by atoms with van der Waals surface area (Å²) in [6.45, 7) is 2.02. The number of nitrogens with one attached hydrogen (secondary N) is 1. The molecule has 0 saturated heterocycles. The van der Waals surface area contributed by atoms with Crippen LogP contribution in [0.2, 0.25) is 0 Å². The molecule has 4 aromatic rings. The van der Waals surface area contributed by atoms with Crippen LogP contribution in [0.15, 0.2) is 65.4 Å². The van der Waals surface area contributed by atoms with Gasteiger partial charge in [-0.05, 0) is 24.6 Å². The van der Waals surface area contributed by atoms with E-state index in [0.717, 1.165) is 16.6 Å². The lowest BCUT2D eigenvalue weighted by atomic mass is 10.1. The molecule has 0 aliphatic rings. The van der Waals surface area contributed by atoms with Gasteiger partial charge in [-0.3, -0.25) is 4.79 Å². The highest BCUT2D eigenvalue weighted by Crippen LogP contribution is 2.17. The molecule has 7 heteroatoms. The highest BCUT2D eigenvalue weighted by molar-refractivity contribution is 5.83. The molecule has 0 radical (unpaired) electrons. The third-order valence-electron chi connectivity index (χ3n) is 4.41. The maximum atomic E-state index is 12.5. The van der Waals surface area contributed by atoms with E-state index in [1.807, 2.05) is 66.1 Å². The van der Waals surface area contributed by atoms with E-state index >= 15 is 0 Å². The molecule has 1 unspecified atom stereocenters. The number of fused-ring (bicyclic) bond motifs is 1. The lowest BCUT2D eigenvalue weighted by Crippen LogP contribution is -2.30. The minimum absolute atomic E-state index is 0.138. The summed E-state index contributed by atoms with van der Waals surface area (Å²) in [5.74, 6) is 0.844. The number of aromatic nitrogens is 4. The Hall–Kier alpha value is -3.48. The standard InChI is InChI=1S/C20H19N5O2/c1-14(25-13-22-16-9-5-6-10-17(16)25)20(26)21-12-19-23-18(24-27-19)11-15-7-3-2-4-8-15/h2-10,13-14H,11-12H2,1H3,(H,21,26). The zero-order chi connectivity index (χ0) is 18.6. The molecule has 136 valence electrons. The van der Waals surface area contributed by atoms with Crippen LogP contribution >= 0.6 is 0 Å². The molecule has 1 atom stereocenters. The number of hydrogen-bond donors (Lipinski definition) is 1. The van der Waals surface area contributed by atoms with Crippen molar-refractivity contribution in [2.24, 2.45) is 0 Å². The van der Waals surface area contributed by atoms with Crippen LogP contribution in [0.4, 0.5) is 0 Å². The second kappa shape index (κ2) is 7.41. The van der Waals surface area contributed by atoms with Crippen molar-refractivity contribution in [2.45, 2.75) is 25.9 Å².